The quantitative estimate of drug-likeness (QED) is 0.602. The highest BCUT2D eigenvalue weighted by Crippen LogP contribution is 2.19. The molecule has 0 unspecified atom stereocenters. The number of benzene rings is 2. The largest absolute Gasteiger partial charge is 0.507 e. The summed E-state index contributed by atoms with van der Waals surface area (Å²) in [4.78, 5) is 0. The summed E-state index contributed by atoms with van der Waals surface area (Å²) in [6.07, 6.45) is 7.37. The maximum absolute atomic E-state index is 9.21. The molecule has 0 radical (unpaired) electrons. The van der Waals surface area contributed by atoms with Crippen LogP contribution in [-0.4, -0.2) is 24.7 Å². The number of phenols is 1. The number of phenolic OH excluding ortho intramolecular Hbond substituents is 1. The Hall–Kier alpha value is -3.34. The van der Waals surface area contributed by atoms with Gasteiger partial charge in [-0.15, -0.1) is 0 Å². The van der Waals surface area contributed by atoms with Gasteiger partial charge in [0.05, 0.1) is 11.4 Å². The number of aromatic hydroxyl groups is 1. The van der Waals surface area contributed by atoms with Crippen LogP contribution in [0.15, 0.2) is 79.4 Å². The third kappa shape index (κ3) is 3.95. The number of aromatic nitrogens is 4. The van der Waals surface area contributed by atoms with E-state index in [1.54, 1.807) is 12.4 Å². The number of aryl methyl sites for hydroxylation is 2. The molecule has 0 bridgehead atoms. The molecule has 0 aliphatic rings. The minimum Gasteiger partial charge on any atom is -0.507 e. The molecule has 0 fully saturated rings. The van der Waals surface area contributed by atoms with E-state index >= 15 is 0 Å². The number of hydrogen-bond donors (Lipinski definition) is 1. The molecule has 4 aromatic rings. The monoisotopic (exact) mass is 332 g/mol. The Morgan fingerprint density at radius 1 is 0.720 bits per heavy atom. The maximum atomic E-state index is 9.21. The fourth-order valence-electron chi connectivity index (χ4n) is 2.43. The van der Waals surface area contributed by atoms with Gasteiger partial charge >= 0.3 is 0 Å². The Balaban J connectivity index is 0.000000173. The maximum Gasteiger partial charge on any atom is 0.121 e. The molecule has 0 aliphatic heterocycles. The second kappa shape index (κ2) is 7.49. The van der Waals surface area contributed by atoms with Crippen LogP contribution in [-0.2, 0) is 0 Å². The van der Waals surface area contributed by atoms with E-state index in [9.17, 15) is 5.11 Å². The molecular formula is C20H20N4O. The van der Waals surface area contributed by atoms with Crippen LogP contribution in [0.25, 0.3) is 11.4 Å². The molecule has 4 rings (SSSR count). The summed E-state index contributed by atoms with van der Waals surface area (Å²) in [7, 11) is 0. The molecule has 25 heavy (non-hydrogen) atoms. The van der Waals surface area contributed by atoms with Crippen LogP contribution in [0.2, 0.25) is 0 Å². The van der Waals surface area contributed by atoms with E-state index in [-0.39, 0.29) is 0 Å². The van der Waals surface area contributed by atoms with Gasteiger partial charge in [0.2, 0.25) is 0 Å². The molecular weight excluding hydrogens is 312 g/mol. The predicted molar refractivity (Wildman–Crippen MR) is 98.3 cm³/mol. The zero-order valence-corrected chi connectivity index (χ0v) is 14.2. The molecule has 1 N–H and O–H groups in total. The van der Waals surface area contributed by atoms with Crippen molar-refractivity contribution in [3.8, 4) is 17.1 Å². The van der Waals surface area contributed by atoms with Gasteiger partial charge in [-0.1, -0.05) is 24.3 Å². The highest BCUT2D eigenvalue weighted by molar-refractivity contribution is 5.42. The lowest BCUT2D eigenvalue weighted by molar-refractivity contribution is 0.467. The van der Waals surface area contributed by atoms with Crippen molar-refractivity contribution in [1.29, 1.82) is 0 Å². The van der Waals surface area contributed by atoms with Gasteiger partial charge in [-0.05, 0) is 55.3 Å². The third-order valence-electron chi connectivity index (χ3n) is 3.81. The van der Waals surface area contributed by atoms with E-state index in [1.165, 1.54) is 0 Å². The minimum atomic E-state index is 0.414. The van der Waals surface area contributed by atoms with E-state index in [1.807, 2.05) is 90.2 Å². The molecule has 5 heteroatoms. The van der Waals surface area contributed by atoms with Crippen molar-refractivity contribution in [1.82, 2.24) is 19.6 Å². The first-order chi connectivity index (χ1) is 12.1. The van der Waals surface area contributed by atoms with Crippen molar-refractivity contribution in [2.24, 2.45) is 0 Å². The lowest BCUT2D eigenvalue weighted by Crippen LogP contribution is -1.98. The highest BCUT2D eigenvalue weighted by Gasteiger charge is 2.00. The number of para-hydroxylation sites is 1. The first-order valence-electron chi connectivity index (χ1n) is 8.00. The summed E-state index contributed by atoms with van der Waals surface area (Å²) in [5.41, 5.74) is 3.93. The Kier molecular flexibility index (Phi) is 4.95. The van der Waals surface area contributed by atoms with Gasteiger partial charge in [0, 0.05) is 24.8 Å². The van der Waals surface area contributed by atoms with E-state index < -0.39 is 0 Å². The third-order valence-corrected chi connectivity index (χ3v) is 3.81. The van der Waals surface area contributed by atoms with Crippen LogP contribution >= 0.6 is 0 Å². The number of nitrogens with zero attached hydrogens (tertiary/aromatic N) is 4. The van der Waals surface area contributed by atoms with Crippen LogP contribution in [0.3, 0.4) is 0 Å². The SMILES string of the molecule is Cc1cccc(C)c1O.c1cc(-n2cccn2)cc(-n2cccn2)c1. The summed E-state index contributed by atoms with van der Waals surface area (Å²) in [5, 5.41) is 17.6. The Labute approximate surface area is 146 Å². The van der Waals surface area contributed by atoms with Crippen LogP contribution < -0.4 is 0 Å². The molecule has 0 saturated heterocycles. The van der Waals surface area contributed by atoms with Crippen molar-refractivity contribution in [2.45, 2.75) is 13.8 Å². The fraction of sp³-hybridized carbons (Fsp3) is 0.100. The second-order valence-electron chi connectivity index (χ2n) is 5.66. The average molecular weight is 332 g/mol. The van der Waals surface area contributed by atoms with E-state index in [4.69, 9.17) is 0 Å². The van der Waals surface area contributed by atoms with Crippen LogP contribution in [0, 0.1) is 13.8 Å². The highest BCUT2D eigenvalue weighted by atomic mass is 16.3. The average Bonchev–Trinajstić information content (AvgIpc) is 3.34. The molecule has 2 heterocycles. The Morgan fingerprint density at radius 3 is 1.60 bits per heavy atom. The van der Waals surface area contributed by atoms with Gasteiger partial charge in [0.25, 0.3) is 0 Å². The molecule has 0 saturated carbocycles. The molecule has 0 atom stereocenters. The van der Waals surface area contributed by atoms with Crippen LogP contribution in [0.5, 0.6) is 5.75 Å². The summed E-state index contributed by atoms with van der Waals surface area (Å²) in [6, 6.07) is 17.6. The van der Waals surface area contributed by atoms with Crippen molar-refractivity contribution in [3.63, 3.8) is 0 Å². The fourth-order valence-corrected chi connectivity index (χ4v) is 2.43. The summed E-state index contributed by atoms with van der Waals surface area (Å²) in [5.74, 6) is 0.414. The van der Waals surface area contributed by atoms with Gasteiger partial charge in [-0.25, -0.2) is 9.36 Å². The zero-order valence-electron chi connectivity index (χ0n) is 14.2. The standard InChI is InChI=1S/C12H10N4.C8H10O/c1-4-11(15-8-2-6-13-15)10-12(5-1)16-9-3-7-14-16;1-6-4-3-5-7(2)8(6)9/h1-10H;3-5,9H,1-2H3. The first-order valence-corrected chi connectivity index (χ1v) is 8.00. The topological polar surface area (TPSA) is 55.9 Å². The number of hydrogen-bond acceptors (Lipinski definition) is 3. The summed E-state index contributed by atoms with van der Waals surface area (Å²) in [6.45, 7) is 3.78. The lowest BCUT2D eigenvalue weighted by atomic mass is 10.1. The van der Waals surface area contributed by atoms with Crippen molar-refractivity contribution in [2.75, 3.05) is 0 Å². The van der Waals surface area contributed by atoms with E-state index in [0.29, 0.717) is 5.75 Å². The lowest BCUT2D eigenvalue weighted by Gasteiger charge is -2.05. The molecule has 126 valence electrons. The molecule has 0 spiro atoms. The summed E-state index contributed by atoms with van der Waals surface area (Å²) >= 11 is 0. The van der Waals surface area contributed by atoms with Gasteiger partial charge < -0.3 is 5.11 Å². The predicted octanol–water partition coefficient (Wildman–Crippen LogP) is 4.07. The minimum absolute atomic E-state index is 0.414. The zero-order chi connectivity index (χ0) is 17.6. The van der Waals surface area contributed by atoms with Gasteiger partial charge in [-0.2, -0.15) is 10.2 Å². The van der Waals surface area contributed by atoms with Crippen molar-refractivity contribution < 1.29 is 5.11 Å². The second-order valence-corrected chi connectivity index (χ2v) is 5.66. The Bertz CT molecular complexity index is 859. The summed E-state index contributed by atoms with van der Waals surface area (Å²) < 4.78 is 3.65. The van der Waals surface area contributed by atoms with Crippen LogP contribution in [0.1, 0.15) is 11.1 Å². The Morgan fingerprint density at radius 2 is 1.20 bits per heavy atom. The molecule has 0 aliphatic carbocycles. The normalized spacial score (nSPS) is 10.2. The smallest absolute Gasteiger partial charge is 0.121 e. The molecule has 0 amide bonds. The van der Waals surface area contributed by atoms with E-state index in [2.05, 4.69) is 10.2 Å². The van der Waals surface area contributed by atoms with Gasteiger partial charge in [-0.3, -0.25) is 0 Å². The van der Waals surface area contributed by atoms with E-state index in [0.717, 1.165) is 22.5 Å². The first kappa shape index (κ1) is 16.5. The molecule has 2 aromatic heterocycles. The van der Waals surface area contributed by atoms with Crippen molar-refractivity contribution in [3.05, 3.63) is 90.5 Å². The van der Waals surface area contributed by atoms with Crippen LogP contribution in [0.4, 0.5) is 0 Å². The van der Waals surface area contributed by atoms with Gasteiger partial charge in [0.1, 0.15) is 5.75 Å². The number of rotatable bonds is 2. The van der Waals surface area contributed by atoms with Crippen molar-refractivity contribution >= 4 is 0 Å². The molecule has 2 aromatic carbocycles. The molecule has 5 nitrogen and oxygen atoms in total. The van der Waals surface area contributed by atoms with Gasteiger partial charge in [0.15, 0.2) is 0 Å².